The van der Waals surface area contributed by atoms with Gasteiger partial charge in [-0.25, -0.2) is 4.79 Å². The summed E-state index contributed by atoms with van der Waals surface area (Å²) < 4.78 is 5.53. The van der Waals surface area contributed by atoms with Crippen LogP contribution in [0, 0.1) is 12.8 Å². The first kappa shape index (κ1) is 21.6. The molecule has 0 aliphatic heterocycles. The Balaban J connectivity index is 1.43. The number of aryl methyl sites for hydroxylation is 1. The molecule has 2 nitrogen and oxygen atoms in total. The Bertz CT molecular complexity index is 737. The van der Waals surface area contributed by atoms with Crippen molar-refractivity contribution in [3.05, 3.63) is 65.2 Å². The maximum atomic E-state index is 12.3. The van der Waals surface area contributed by atoms with Crippen molar-refractivity contribution >= 4 is 5.97 Å². The van der Waals surface area contributed by atoms with Crippen LogP contribution in [0.2, 0.25) is 0 Å². The third-order valence-corrected chi connectivity index (χ3v) is 6.41. The Kier molecular flexibility index (Phi) is 8.34. The zero-order valence-corrected chi connectivity index (χ0v) is 18.2. The van der Waals surface area contributed by atoms with Crippen molar-refractivity contribution < 1.29 is 9.53 Å². The van der Waals surface area contributed by atoms with Crippen LogP contribution < -0.4 is 4.74 Å². The van der Waals surface area contributed by atoms with E-state index in [2.05, 4.69) is 19.1 Å². The summed E-state index contributed by atoms with van der Waals surface area (Å²) in [4.78, 5) is 12.3. The first-order valence-electron chi connectivity index (χ1n) is 11.5. The summed E-state index contributed by atoms with van der Waals surface area (Å²) in [6, 6.07) is 15.7. The number of esters is 1. The number of unbranched alkanes of at least 4 members (excludes halogenated alkanes) is 4. The van der Waals surface area contributed by atoms with Gasteiger partial charge in [0.15, 0.2) is 0 Å². The van der Waals surface area contributed by atoms with Gasteiger partial charge in [-0.2, -0.15) is 0 Å². The molecule has 156 valence electrons. The number of hydrogen-bond acceptors (Lipinski definition) is 2. The average Bonchev–Trinajstić information content (AvgIpc) is 2.75. The van der Waals surface area contributed by atoms with Gasteiger partial charge in [-0.05, 0) is 74.3 Å². The molecular weight excluding hydrogens is 356 g/mol. The highest BCUT2D eigenvalue weighted by Crippen LogP contribution is 2.38. The molecule has 2 aromatic rings. The smallest absolute Gasteiger partial charge is 0.343 e. The molecule has 1 aliphatic carbocycles. The second-order valence-corrected chi connectivity index (χ2v) is 8.75. The lowest BCUT2D eigenvalue weighted by atomic mass is 9.77. The van der Waals surface area contributed by atoms with E-state index in [0.717, 1.165) is 11.5 Å². The van der Waals surface area contributed by atoms with Gasteiger partial charge < -0.3 is 4.74 Å². The molecule has 29 heavy (non-hydrogen) atoms. The Morgan fingerprint density at radius 1 is 0.862 bits per heavy atom. The molecule has 0 aromatic heterocycles. The van der Waals surface area contributed by atoms with Crippen molar-refractivity contribution in [2.45, 2.75) is 84.0 Å². The first-order valence-corrected chi connectivity index (χ1v) is 11.5. The highest BCUT2D eigenvalue weighted by Gasteiger charge is 2.22. The summed E-state index contributed by atoms with van der Waals surface area (Å²) in [5.41, 5.74) is 3.12. The van der Waals surface area contributed by atoms with Gasteiger partial charge in [0.1, 0.15) is 5.75 Å². The van der Waals surface area contributed by atoms with Gasteiger partial charge in [-0.1, -0.05) is 75.3 Å². The monoisotopic (exact) mass is 392 g/mol. The molecule has 0 heterocycles. The first-order chi connectivity index (χ1) is 14.2. The lowest BCUT2D eigenvalue weighted by Crippen LogP contribution is -2.13. The van der Waals surface area contributed by atoms with Crippen LogP contribution in [0.3, 0.4) is 0 Å². The van der Waals surface area contributed by atoms with Crippen LogP contribution in [-0.2, 0) is 0 Å². The minimum Gasteiger partial charge on any atom is -0.423 e. The van der Waals surface area contributed by atoms with Crippen LogP contribution in [-0.4, -0.2) is 5.97 Å². The van der Waals surface area contributed by atoms with Gasteiger partial charge in [-0.15, -0.1) is 0 Å². The zero-order chi connectivity index (χ0) is 20.5. The number of rotatable bonds is 9. The second-order valence-electron chi connectivity index (χ2n) is 8.75. The third kappa shape index (κ3) is 6.73. The number of hydrogen-bond donors (Lipinski definition) is 0. The Labute approximate surface area is 176 Å². The van der Waals surface area contributed by atoms with Gasteiger partial charge in [0.25, 0.3) is 0 Å². The molecule has 0 amide bonds. The van der Waals surface area contributed by atoms with E-state index in [-0.39, 0.29) is 5.97 Å². The van der Waals surface area contributed by atoms with E-state index in [1.165, 1.54) is 69.8 Å². The standard InChI is InChI=1S/C27H36O2/c1-3-4-5-6-7-8-22-11-15-23(16-12-22)24-17-19-26(20-18-24)29-27(28)25-13-9-21(2)10-14-25/h9-10,13-14,17-20,22-23H,3-8,11-12,15-16H2,1-2H3. The van der Waals surface area contributed by atoms with Gasteiger partial charge >= 0.3 is 5.97 Å². The second kappa shape index (κ2) is 11.2. The van der Waals surface area contributed by atoms with Crippen molar-refractivity contribution in [1.82, 2.24) is 0 Å². The molecule has 0 N–H and O–H groups in total. The van der Waals surface area contributed by atoms with Crippen molar-refractivity contribution in [3.63, 3.8) is 0 Å². The summed E-state index contributed by atoms with van der Waals surface area (Å²) >= 11 is 0. The average molecular weight is 393 g/mol. The van der Waals surface area contributed by atoms with Gasteiger partial charge in [0.05, 0.1) is 5.56 Å². The van der Waals surface area contributed by atoms with Crippen molar-refractivity contribution in [1.29, 1.82) is 0 Å². The number of ether oxygens (including phenoxy) is 1. The molecule has 2 aromatic carbocycles. The summed E-state index contributed by atoms with van der Waals surface area (Å²) in [6.45, 7) is 4.29. The number of carbonyl (C=O) groups excluding carboxylic acids is 1. The lowest BCUT2D eigenvalue weighted by molar-refractivity contribution is 0.0734. The summed E-state index contributed by atoms with van der Waals surface area (Å²) in [5.74, 6) is 1.92. The van der Waals surface area contributed by atoms with E-state index in [1.54, 1.807) is 0 Å². The van der Waals surface area contributed by atoms with Crippen LogP contribution in [0.5, 0.6) is 5.75 Å². The van der Waals surface area contributed by atoms with Crippen molar-refractivity contribution in [2.24, 2.45) is 5.92 Å². The van der Waals surface area contributed by atoms with E-state index in [4.69, 9.17) is 4.74 Å². The summed E-state index contributed by atoms with van der Waals surface area (Å²) in [5, 5.41) is 0. The summed E-state index contributed by atoms with van der Waals surface area (Å²) in [6.07, 6.45) is 13.7. The molecule has 0 radical (unpaired) electrons. The normalized spacial score (nSPS) is 19.1. The van der Waals surface area contributed by atoms with Crippen molar-refractivity contribution in [3.8, 4) is 5.75 Å². The Hall–Kier alpha value is -2.09. The maximum Gasteiger partial charge on any atom is 0.343 e. The molecule has 1 saturated carbocycles. The van der Waals surface area contributed by atoms with Crippen LogP contribution in [0.1, 0.15) is 98.5 Å². The Morgan fingerprint density at radius 2 is 1.52 bits per heavy atom. The van der Waals surface area contributed by atoms with Gasteiger partial charge in [0, 0.05) is 0 Å². The third-order valence-electron chi connectivity index (χ3n) is 6.41. The predicted molar refractivity (Wildman–Crippen MR) is 121 cm³/mol. The fraction of sp³-hybridized carbons (Fsp3) is 0.519. The zero-order valence-electron chi connectivity index (χ0n) is 18.2. The SMILES string of the molecule is CCCCCCCC1CCC(c2ccc(OC(=O)c3ccc(C)cc3)cc2)CC1. The van der Waals surface area contributed by atoms with Crippen LogP contribution in [0.4, 0.5) is 0 Å². The van der Waals surface area contributed by atoms with Gasteiger partial charge in [-0.3, -0.25) is 0 Å². The van der Waals surface area contributed by atoms with E-state index in [0.29, 0.717) is 17.2 Å². The molecule has 1 fully saturated rings. The minimum atomic E-state index is -0.294. The van der Waals surface area contributed by atoms with Crippen LogP contribution >= 0.6 is 0 Å². The lowest BCUT2D eigenvalue weighted by Gasteiger charge is -2.29. The number of benzene rings is 2. The molecule has 0 saturated heterocycles. The highest BCUT2D eigenvalue weighted by molar-refractivity contribution is 5.91. The van der Waals surface area contributed by atoms with Crippen LogP contribution in [0.25, 0.3) is 0 Å². The highest BCUT2D eigenvalue weighted by atomic mass is 16.5. The fourth-order valence-electron chi connectivity index (χ4n) is 4.48. The van der Waals surface area contributed by atoms with E-state index in [1.807, 2.05) is 43.3 Å². The minimum absolute atomic E-state index is 0.294. The van der Waals surface area contributed by atoms with Crippen LogP contribution in [0.15, 0.2) is 48.5 Å². The topological polar surface area (TPSA) is 26.3 Å². The number of carbonyl (C=O) groups is 1. The fourth-order valence-corrected chi connectivity index (χ4v) is 4.48. The van der Waals surface area contributed by atoms with Gasteiger partial charge in [0.2, 0.25) is 0 Å². The molecule has 0 spiro atoms. The molecule has 0 bridgehead atoms. The Morgan fingerprint density at radius 3 is 2.17 bits per heavy atom. The van der Waals surface area contributed by atoms with Crippen molar-refractivity contribution in [2.75, 3.05) is 0 Å². The molecule has 3 rings (SSSR count). The molecule has 0 atom stereocenters. The molecule has 2 heteroatoms. The predicted octanol–water partition coefficient (Wildman–Crippen LogP) is 7.85. The largest absolute Gasteiger partial charge is 0.423 e. The maximum absolute atomic E-state index is 12.3. The van der Waals surface area contributed by atoms with E-state index >= 15 is 0 Å². The summed E-state index contributed by atoms with van der Waals surface area (Å²) in [7, 11) is 0. The van der Waals surface area contributed by atoms with E-state index < -0.39 is 0 Å². The molecule has 1 aliphatic rings. The quantitative estimate of drug-likeness (QED) is 0.247. The molecule has 0 unspecified atom stereocenters. The molecular formula is C27H36O2. The van der Waals surface area contributed by atoms with E-state index in [9.17, 15) is 4.79 Å².